The number of aromatic carboxylic acids is 2. The smallest absolute Gasteiger partial charge is 0.869 e. The van der Waals surface area contributed by atoms with Crippen molar-refractivity contribution in [1.82, 2.24) is 0 Å². The van der Waals surface area contributed by atoms with Gasteiger partial charge in [-0.3, -0.25) is 9.98 Å². The number of hydrogen-bond donors (Lipinski definition) is 4. The van der Waals surface area contributed by atoms with Gasteiger partial charge in [-0.25, -0.2) is 9.59 Å². The van der Waals surface area contributed by atoms with Gasteiger partial charge in [0, 0.05) is 0 Å². The molecule has 0 heterocycles. The maximum Gasteiger partial charge on any atom is 2.00 e. The molecule has 556 valence electrons. The Kier molecular flexibility index (Phi) is 56.4. The van der Waals surface area contributed by atoms with Crippen LogP contribution in [0.15, 0.2) is 70.6 Å². The van der Waals surface area contributed by atoms with Crippen molar-refractivity contribution < 1.29 is 60.7 Å². The molecule has 4 rings (SSSR count). The predicted molar refractivity (Wildman–Crippen MR) is 411 cm³/mol. The van der Waals surface area contributed by atoms with Gasteiger partial charge in [-0.2, -0.15) is 0 Å². The largest absolute Gasteiger partial charge is 2.00 e. The Morgan fingerprint density at radius 1 is 0.337 bits per heavy atom. The van der Waals surface area contributed by atoms with Crippen LogP contribution in [0.4, 0.5) is 11.4 Å². The van der Waals surface area contributed by atoms with Crippen LogP contribution in [0.2, 0.25) is 0 Å². The van der Waals surface area contributed by atoms with E-state index in [9.17, 15) is 19.8 Å². The summed E-state index contributed by atoms with van der Waals surface area (Å²) in [5.41, 5.74) is 8.87. The number of benzene rings is 4. The molecule has 0 radical (unpaired) electrons. The molecule has 0 spiro atoms. The minimum absolute atomic E-state index is 0. The van der Waals surface area contributed by atoms with Crippen molar-refractivity contribution >= 4 is 34.7 Å². The van der Waals surface area contributed by atoms with Gasteiger partial charge in [0.2, 0.25) is 0 Å². The molecule has 0 aromatic heterocycles. The van der Waals surface area contributed by atoms with Crippen LogP contribution < -0.4 is 10.2 Å². The fourth-order valence-corrected chi connectivity index (χ4v) is 13.1. The van der Waals surface area contributed by atoms with Gasteiger partial charge in [-0.05, 0) is 149 Å². The van der Waals surface area contributed by atoms with Gasteiger partial charge < -0.3 is 30.6 Å². The Hall–Kier alpha value is -4.98. The van der Waals surface area contributed by atoms with Crippen molar-refractivity contribution in [2.75, 3.05) is 0 Å². The summed E-state index contributed by atoms with van der Waals surface area (Å²) in [7, 11) is 0. The van der Waals surface area contributed by atoms with E-state index in [1.54, 1.807) is 27.7 Å². The van der Waals surface area contributed by atoms with Crippen LogP contribution in [0.1, 0.15) is 396 Å². The summed E-state index contributed by atoms with van der Waals surface area (Å²) in [5.74, 6) is -5.28. The van der Waals surface area contributed by atoms with Crippen LogP contribution in [0.25, 0.3) is 0 Å². The van der Waals surface area contributed by atoms with E-state index in [-0.39, 0.29) is 31.5 Å². The van der Waals surface area contributed by atoms with Gasteiger partial charge in [0.1, 0.15) is 11.5 Å². The SMILES string of the molecule is CCCCCCCCCCCCCCCCCCCCCCc1cccc(N=C(CCCCC)C(CCCCCC)=Nc2cccc(CCCCCCCCCCCCCCCCCCCCCC)c2)c1.Cc1cc(O)c([O-])c(C(=O)O)c1C.Cc1cc(O)c([O-])c(C(=O)O)c1C.[Pd+2]. The zero-order chi connectivity index (χ0) is 70.9. The molecular formula is C87H140N2O8Pd. The number of carboxylic acids is 2. The maximum atomic E-state index is 11.2. The number of carboxylic acid groups (broad SMARTS) is 2. The van der Waals surface area contributed by atoms with E-state index in [0.29, 0.717) is 22.3 Å². The Balaban J connectivity index is 0.00000146. The van der Waals surface area contributed by atoms with Crippen LogP contribution in [-0.4, -0.2) is 43.8 Å². The topological polar surface area (TPSA) is 186 Å². The van der Waals surface area contributed by atoms with E-state index in [0.717, 1.165) is 37.1 Å². The Morgan fingerprint density at radius 2 is 0.561 bits per heavy atom. The summed E-state index contributed by atoms with van der Waals surface area (Å²) in [5, 5.41) is 57.8. The molecule has 4 aromatic carbocycles. The average molecular weight is 1450 g/mol. The van der Waals surface area contributed by atoms with Gasteiger partial charge in [0.05, 0.1) is 33.9 Å². The summed E-state index contributed by atoms with van der Waals surface area (Å²) < 4.78 is 0. The molecule has 0 aliphatic heterocycles. The fraction of sp³-hybridized carbons (Fsp3) is 0.678. The van der Waals surface area contributed by atoms with E-state index in [4.69, 9.17) is 30.4 Å². The Labute approximate surface area is 612 Å². The number of carbonyl (C=O) groups is 2. The summed E-state index contributed by atoms with van der Waals surface area (Å²) in [4.78, 5) is 32.2. The molecule has 98 heavy (non-hydrogen) atoms. The van der Waals surface area contributed by atoms with Gasteiger partial charge in [0.25, 0.3) is 0 Å². The Morgan fingerprint density at radius 3 is 0.816 bits per heavy atom. The Bertz CT molecular complexity index is 2610. The molecule has 0 unspecified atom stereocenters. The first-order valence-corrected chi connectivity index (χ1v) is 39.9. The van der Waals surface area contributed by atoms with Crippen molar-refractivity contribution in [3.8, 4) is 23.0 Å². The number of nitrogens with zero attached hydrogens (tertiary/aromatic N) is 2. The number of aliphatic imine (C=N–C) groups is 2. The van der Waals surface area contributed by atoms with Crippen molar-refractivity contribution in [2.45, 2.75) is 383 Å². The summed E-state index contributed by atoms with van der Waals surface area (Å²) >= 11 is 0. The van der Waals surface area contributed by atoms with E-state index in [1.165, 1.54) is 336 Å². The zero-order valence-corrected chi connectivity index (χ0v) is 65.0. The van der Waals surface area contributed by atoms with E-state index in [2.05, 4.69) is 76.2 Å². The molecule has 10 nitrogen and oxygen atoms in total. The molecule has 0 fully saturated rings. The van der Waals surface area contributed by atoms with E-state index in [1.807, 2.05) is 0 Å². The van der Waals surface area contributed by atoms with Crippen LogP contribution in [0, 0.1) is 27.7 Å². The number of aromatic hydroxyl groups is 2. The summed E-state index contributed by atoms with van der Waals surface area (Å²) in [6.45, 7) is 15.6. The van der Waals surface area contributed by atoms with Gasteiger partial charge in [0.15, 0.2) is 0 Å². The number of rotatable bonds is 56. The van der Waals surface area contributed by atoms with Crippen molar-refractivity contribution in [3.05, 3.63) is 105 Å². The number of phenolic OH excluding ortho intramolecular Hbond substituents is 2. The number of aryl methyl sites for hydroxylation is 4. The first-order valence-electron chi connectivity index (χ1n) is 39.9. The monoisotopic (exact) mass is 1450 g/mol. The first-order chi connectivity index (χ1) is 47.1. The molecule has 0 aliphatic rings. The third kappa shape index (κ3) is 43.6. The fourth-order valence-electron chi connectivity index (χ4n) is 13.1. The molecule has 0 aliphatic carbocycles. The predicted octanol–water partition coefficient (Wildman–Crippen LogP) is 26.4. The normalized spacial score (nSPS) is 11.5. The minimum atomic E-state index is -1.30. The van der Waals surface area contributed by atoms with Crippen LogP contribution >= 0.6 is 0 Å². The molecule has 4 N–H and O–H groups in total. The molecular weight excluding hydrogens is 1310 g/mol. The van der Waals surface area contributed by atoms with Gasteiger partial charge >= 0.3 is 32.4 Å². The number of hydrogen-bond acceptors (Lipinski definition) is 8. The summed E-state index contributed by atoms with van der Waals surface area (Å²) in [6, 6.07) is 20.9. The minimum Gasteiger partial charge on any atom is -0.869 e. The maximum absolute atomic E-state index is 11.2. The quantitative estimate of drug-likeness (QED) is 0.0191. The standard InChI is InChI=1S/C69H122N2.2C9H10O4.Pd/c1-5-9-13-16-18-20-22-24-26-28-30-32-34-36-38-40-42-44-46-49-54-64-56-52-58-66(62-64)70-68(60-48-12-8-4)69(61-51-15-11-7-3)71-67-59-53-57-65(63-67)55-50-47-45-43-41-39-37-35-33-31-29-27-25-23-21-19-17-14-10-6-2;2*1-4-3-6(10)8(11)7(5(4)2)9(12)13;/h52-53,56-59,62-63H,5-51,54-55,60-61H2,1-4H3;2*3,10-11H,1-2H3,(H,12,13);/q;;;+2/p-2. The number of phenols is 2. The molecule has 0 amide bonds. The third-order valence-corrected chi connectivity index (χ3v) is 19.6. The molecule has 0 saturated heterocycles. The van der Waals surface area contributed by atoms with Crippen LogP contribution in [0.3, 0.4) is 0 Å². The van der Waals surface area contributed by atoms with Crippen molar-refractivity contribution in [1.29, 1.82) is 0 Å². The average Bonchev–Trinajstić information content (AvgIpc) is 0.827. The zero-order valence-electron chi connectivity index (χ0n) is 63.5. The summed E-state index contributed by atoms with van der Waals surface area (Å²) in [6.07, 6.45) is 70.3. The first kappa shape index (κ1) is 91.0. The van der Waals surface area contributed by atoms with Crippen LogP contribution in [0.5, 0.6) is 23.0 Å². The van der Waals surface area contributed by atoms with Crippen molar-refractivity contribution in [3.63, 3.8) is 0 Å². The molecule has 11 heteroatoms. The third-order valence-electron chi connectivity index (χ3n) is 19.6. The second-order valence-corrected chi connectivity index (χ2v) is 28.4. The van der Waals surface area contributed by atoms with Crippen molar-refractivity contribution in [2.24, 2.45) is 9.98 Å². The molecule has 0 bridgehead atoms. The second kappa shape index (κ2) is 60.8. The molecule has 4 aromatic rings. The van der Waals surface area contributed by atoms with Gasteiger partial charge in [-0.1, -0.05) is 340 Å². The van der Waals surface area contributed by atoms with Crippen LogP contribution in [-0.2, 0) is 33.3 Å². The second-order valence-electron chi connectivity index (χ2n) is 28.4. The number of unbranched alkanes of at least 4 members (excludes halogenated alkanes) is 43. The molecule has 0 saturated carbocycles. The van der Waals surface area contributed by atoms with E-state index >= 15 is 0 Å². The molecule has 0 atom stereocenters. The van der Waals surface area contributed by atoms with Gasteiger partial charge in [-0.15, -0.1) is 0 Å². The van der Waals surface area contributed by atoms with E-state index < -0.39 is 34.9 Å².